The van der Waals surface area contributed by atoms with Crippen LogP contribution in [-0.2, 0) is 0 Å². The number of ether oxygens (including phenoxy) is 1. The van der Waals surface area contributed by atoms with Crippen molar-refractivity contribution in [3.05, 3.63) is 47.5 Å². The second-order valence-electron chi connectivity index (χ2n) is 5.61. The molecule has 1 saturated carbocycles. The van der Waals surface area contributed by atoms with Gasteiger partial charge in [-0.1, -0.05) is 0 Å². The molecule has 2 aromatic rings. The summed E-state index contributed by atoms with van der Waals surface area (Å²) in [5.74, 6) is 0.561. The van der Waals surface area contributed by atoms with E-state index in [0.29, 0.717) is 23.8 Å². The minimum absolute atomic E-state index is 0.147. The van der Waals surface area contributed by atoms with E-state index in [1.807, 2.05) is 6.92 Å². The first-order valence-corrected chi connectivity index (χ1v) is 7.36. The molecule has 22 heavy (non-hydrogen) atoms. The molecule has 1 amide bonds. The van der Waals surface area contributed by atoms with Crippen LogP contribution >= 0.6 is 0 Å². The maximum atomic E-state index is 12.8. The molecule has 1 aromatic carbocycles. The Morgan fingerprint density at radius 3 is 2.86 bits per heavy atom. The van der Waals surface area contributed by atoms with Crippen LogP contribution in [0.2, 0.25) is 0 Å². The summed E-state index contributed by atoms with van der Waals surface area (Å²) in [4.78, 5) is 12.2. The summed E-state index contributed by atoms with van der Waals surface area (Å²) in [6.45, 7) is 2.17. The number of nitrogens with one attached hydrogen (secondary N) is 2. The van der Waals surface area contributed by atoms with Crippen molar-refractivity contribution in [1.82, 2.24) is 15.5 Å². The maximum Gasteiger partial charge on any atom is 0.255 e. The Labute approximate surface area is 127 Å². The van der Waals surface area contributed by atoms with E-state index in [1.54, 1.807) is 18.3 Å². The zero-order chi connectivity index (χ0) is 15.5. The third-order valence-electron chi connectivity index (χ3n) is 3.59. The van der Waals surface area contributed by atoms with Crippen LogP contribution in [0.1, 0.15) is 41.7 Å². The number of hydrogen-bond acceptors (Lipinski definition) is 3. The highest BCUT2D eigenvalue weighted by Gasteiger charge is 2.30. The van der Waals surface area contributed by atoms with Crippen LogP contribution in [0.25, 0.3) is 0 Å². The molecular formula is C16H18FN3O2. The van der Waals surface area contributed by atoms with Crippen molar-refractivity contribution < 1.29 is 13.9 Å². The topological polar surface area (TPSA) is 67.0 Å². The summed E-state index contributed by atoms with van der Waals surface area (Å²) in [5, 5.41) is 9.76. The zero-order valence-corrected chi connectivity index (χ0v) is 12.3. The number of hydrogen-bond donors (Lipinski definition) is 2. The molecule has 1 atom stereocenters. The third-order valence-corrected chi connectivity index (χ3v) is 3.59. The van der Waals surface area contributed by atoms with E-state index in [9.17, 15) is 9.18 Å². The summed E-state index contributed by atoms with van der Waals surface area (Å²) in [6.07, 6.45) is 3.77. The Balaban J connectivity index is 1.52. The Morgan fingerprint density at radius 2 is 2.18 bits per heavy atom. The molecule has 1 heterocycles. The number of halogens is 1. The Morgan fingerprint density at radius 1 is 1.45 bits per heavy atom. The van der Waals surface area contributed by atoms with Gasteiger partial charge in [-0.05, 0) is 44.0 Å². The lowest BCUT2D eigenvalue weighted by atomic mass is 10.1. The van der Waals surface area contributed by atoms with Gasteiger partial charge < -0.3 is 10.1 Å². The molecular weight excluding hydrogens is 285 g/mol. The Kier molecular flexibility index (Phi) is 4.09. The molecule has 2 N–H and O–H groups in total. The summed E-state index contributed by atoms with van der Waals surface area (Å²) in [5.41, 5.74) is 1.53. The average molecular weight is 303 g/mol. The van der Waals surface area contributed by atoms with Gasteiger partial charge in [0.05, 0.1) is 23.5 Å². The van der Waals surface area contributed by atoms with Gasteiger partial charge in [0.15, 0.2) is 0 Å². The van der Waals surface area contributed by atoms with Crippen molar-refractivity contribution in [3.63, 3.8) is 0 Å². The maximum absolute atomic E-state index is 12.8. The van der Waals surface area contributed by atoms with Crippen LogP contribution in [0.5, 0.6) is 5.75 Å². The monoisotopic (exact) mass is 303 g/mol. The fourth-order valence-corrected chi connectivity index (χ4v) is 2.26. The summed E-state index contributed by atoms with van der Waals surface area (Å²) in [7, 11) is 0. The summed E-state index contributed by atoms with van der Waals surface area (Å²) in [6, 6.07) is 5.63. The van der Waals surface area contributed by atoms with Gasteiger partial charge in [-0.3, -0.25) is 9.89 Å². The number of rotatable bonds is 6. The number of carbonyl (C=O) groups excluding carboxylic acids is 1. The Bertz CT molecular complexity index is 650. The molecule has 0 aliphatic heterocycles. The van der Waals surface area contributed by atoms with E-state index in [4.69, 9.17) is 4.74 Å². The van der Waals surface area contributed by atoms with E-state index < -0.39 is 0 Å². The first kappa shape index (κ1) is 14.6. The minimum atomic E-state index is -0.304. The van der Waals surface area contributed by atoms with Crippen molar-refractivity contribution in [2.45, 2.75) is 31.7 Å². The van der Waals surface area contributed by atoms with E-state index in [0.717, 1.165) is 18.5 Å². The van der Waals surface area contributed by atoms with Gasteiger partial charge in [0, 0.05) is 5.92 Å². The molecule has 0 spiro atoms. The van der Waals surface area contributed by atoms with Gasteiger partial charge in [-0.15, -0.1) is 0 Å². The SMILES string of the molecule is C[C@@H](COc1ccc(F)cc1)NC(=O)c1cn[nH]c1C1CC1. The predicted octanol–water partition coefficient (Wildman–Crippen LogP) is 2.62. The van der Waals surface area contributed by atoms with E-state index in [2.05, 4.69) is 15.5 Å². The number of amides is 1. The highest BCUT2D eigenvalue weighted by atomic mass is 19.1. The second kappa shape index (κ2) is 6.17. The molecule has 1 aromatic heterocycles. The molecule has 5 nitrogen and oxygen atoms in total. The molecule has 0 radical (unpaired) electrons. The van der Waals surface area contributed by atoms with Gasteiger partial charge in [0.25, 0.3) is 5.91 Å². The Hall–Kier alpha value is -2.37. The molecule has 116 valence electrons. The van der Waals surface area contributed by atoms with Crippen LogP contribution < -0.4 is 10.1 Å². The first-order valence-electron chi connectivity index (χ1n) is 7.36. The van der Waals surface area contributed by atoms with Gasteiger partial charge >= 0.3 is 0 Å². The number of nitrogens with zero attached hydrogens (tertiary/aromatic N) is 1. The molecule has 1 fully saturated rings. The summed E-state index contributed by atoms with van der Waals surface area (Å²) < 4.78 is 18.3. The highest BCUT2D eigenvalue weighted by molar-refractivity contribution is 5.95. The normalized spacial score (nSPS) is 15.4. The number of benzene rings is 1. The highest BCUT2D eigenvalue weighted by Crippen LogP contribution is 2.40. The number of carbonyl (C=O) groups is 1. The fourth-order valence-electron chi connectivity index (χ4n) is 2.26. The van der Waals surface area contributed by atoms with E-state index in [1.165, 1.54) is 12.1 Å². The third kappa shape index (κ3) is 3.44. The smallest absolute Gasteiger partial charge is 0.255 e. The number of aromatic amines is 1. The van der Waals surface area contributed by atoms with Gasteiger partial charge in [-0.2, -0.15) is 5.10 Å². The first-order chi connectivity index (χ1) is 10.6. The van der Waals surface area contributed by atoms with Crippen LogP contribution in [0, 0.1) is 5.82 Å². The predicted molar refractivity (Wildman–Crippen MR) is 79.4 cm³/mol. The molecule has 0 saturated heterocycles. The second-order valence-corrected chi connectivity index (χ2v) is 5.61. The zero-order valence-electron chi connectivity index (χ0n) is 12.3. The average Bonchev–Trinajstić information content (AvgIpc) is 3.23. The molecule has 0 bridgehead atoms. The number of aromatic nitrogens is 2. The standard InChI is InChI=1S/C16H18FN3O2/c1-10(9-22-13-6-4-12(17)5-7-13)19-16(21)14-8-18-20-15(14)11-2-3-11/h4-8,10-11H,2-3,9H2,1H3,(H,18,20)(H,19,21)/t10-/m0/s1. The van der Waals surface area contributed by atoms with Gasteiger partial charge in [-0.25, -0.2) is 4.39 Å². The van der Waals surface area contributed by atoms with Crippen molar-refractivity contribution >= 4 is 5.91 Å². The van der Waals surface area contributed by atoms with E-state index in [-0.39, 0.29) is 17.8 Å². The van der Waals surface area contributed by atoms with Crippen molar-refractivity contribution in [2.24, 2.45) is 0 Å². The minimum Gasteiger partial charge on any atom is -0.491 e. The molecule has 1 aliphatic carbocycles. The molecule has 0 unspecified atom stereocenters. The quantitative estimate of drug-likeness (QED) is 0.862. The van der Waals surface area contributed by atoms with Gasteiger partial charge in [0.1, 0.15) is 18.2 Å². The number of H-pyrrole nitrogens is 1. The lowest BCUT2D eigenvalue weighted by Crippen LogP contribution is -2.37. The van der Waals surface area contributed by atoms with Crippen LogP contribution in [-0.4, -0.2) is 28.8 Å². The molecule has 1 aliphatic rings. The van der Waals surface area contributed by atoms with E-state index >= 15 is 0 Å². The molecule has 6 heteroatoms. The molecule has 3 rings (SSSR count). The van der Waals surface area contributed by atoms with Crippen LogP contribution in [0.15, 0.2) is 30.5 Å². The summed E-state index contributed by atoms with van der Waals surface area (Å²) >= 11 is 0. The largest absolute Gasteiger partial charge is 0.491 e. The lowest BCUT2D eigenvalue weighted by Gasteiger charge is -2.15. The van der Waals surface area contributed by atoms with Crippen molar-refractivity contribution in [2.75, 3.05) is 6.61 Å². The lowest BCUT2D eigenvalue weighted by molar-refractivity contribution is 0.0925. The van der Waals surface area contributed by atoms with Crippen LogP contribution in [0.4, 0.5) is 4.39 Å². The van der Waals surface area contributed by atoms with Crippen molar-refractivity contribution in [1.29, 1.82) is 0 Å². The fraction of sp³-hybridized carbons (Fsp3) is 0.375. The van der Waals surface area contributed by atoms with Crippen LogP contribution in [0.3, 0.4) is 0 Å². The van der Waals surface area contributed by atoms with Gasteiger partial charge in [0.2, 0.25) is 0 Å². The van der Waals surface area contributed by atoms with Crippen molar-refractivity contribution in [3.8, 4) is 5.75 Å².